The number of ether oxygens (including phenoxy) is 1. The Morgan fingerprint density at radius 2 is 2.23 bits per heavy atom. The standard InChI is InChI=1S/C7H8N2O4/c1-4-6(13-2)3-5(9(11)12)7(10)8-4/h3H,1-2H3,(H,8,10). The van der Waals surface area contributed by atoms with Crippen molar-refractivity contribution in [3.05, 3.63) is 32.2 Å². The Kier molecular flexibility index (Phi) is 2.32. The molecule has 0 atom stereocenters. The number of methoxy groups -OCH3 is 1. The van der Waals surface area contributed by atoms with Crippen molar-refractivity contribution in [2.24, 2.45) is 0 Å². The third-order valence-electron chi connectivity index (χ3n) is 1.59. The third-order valence-corrected chi connectivity index (χ3v) is 1.59. The molecule has 0 aliphatic carbocycles. The number of pyridine rings is 1. The number of nitrogens with one attached hydrogen (secondary N) is 1. The van der Waals surface area contributed by atoms with E-state index < -0.39 is 16.2 Å². The van der Waals surface area contributed by atoms with E-state index >= 15 is 0 Å². The molecule has 6 heteroatoms. The second-order valence-corrected chi connectivity index (χ2v) is 2.43. The number of H-pyrrole nitrogens is 1. The normalized spacial score (nSPS) is 9.69. The SMILES string of the molecule is COc1cc([N+](=O)[O-])c(=O)[nH]c1C. The molecule has 0 saturated carbocycles. The minimum atomic E-state index is -0.749. The van der Waals surface area contributed by atoms with E-state index in [9.17, 15) is 14.9 Å². The largest absolute Gasteiger partial charge is 0.495 e. The van der Waals surface area contributed by atoms with Crippen LogP contribution in [0.15, 0.2) is 10.9 Å². The van der Waals surface area contributed by atoms with E-state index in [1.165, 1.54) is 7.11 Å². The van der Waals surface area contributed by atoms with Crippen LogP contribution in [-0.2, 0) is 0 Å². The van der Waals surface area contributed by atoms with E-state index in [0.717, 1.165) is 6.07 Å². The molecule has 0 aliphatic heterocycles. The van der Waals surface area contributed by atoms with Crippen LogP contribution in [0.3, 0.4) is 0 Å². The molecule has 0 amide bonds. The first-order chi connectivity index (χ1) is 6.06. The number of nitro groups is 1. The average molecular weight is 184 g/mol. The minimum absolute atomic E-state index is 0.298. The van der Waals surface area contributed by atoms with Gasteiger partial charge in [-0.15, -0.1) is 0 Å². The van der Waals surface area contributed by atoms with Gasteiger partial charge in [0.15, 0.2) is 0 Å². The molecule has 0 saturated heterocycles. The average Bonchev–Trinajstić information content (AvgIpc) is 2.03. The second kappa shape index (κ2) is 3.26. The van der Waals surface area contributed by atoms with Crippen molar-refractivity contribution >= 4 is 5.69 Å². The molecule has 1 N–H and O–H groups in total. The lowest BCUT2D eigenvalue weighted by atomic mass is 10.3. The van der Waals surface area contributed by atoms with Crippen molar-refractivity contribution in [3.63, 3.8) is 0 Å². The second-order valence-electron chi connectivity index (χ2n) is 2.43. The fourth-order valence-electron chi connectivity index (χ4n) is 0.942. The monoisotopic (exact) mass is 184 g/mol. The first-order valence-corrected chi connectivity index (χ1v) is 3.48. The molecule has 1 aromatic rings. The molecule has 0 aromatic carbocycles. The number of rotatable bonds is 2. The predicted molar refractivity (Wildman–Crippen MR) is 45.0 cm³/mol. The summed E-state index contributed by atoms with van der Waals surface area (Å²) < 4.78 is 4.82. The van der Waals surface area contributed by atoms with E-state index in [-0.39, 0.29) is 0 Å². The summed E-state index contributed by atoms with van der Waals surface area (Å²) in [4.78, 5) is 22.9. The van der Waals surface area contributed by atoms with Crippen molar-refractivity contribution < 1.29 is 9.66 Å². The maximum Gasteiger partial charge on any atom is 0.337 e. The van der Waals surface area contributed by atoms with Gasteiger partial charge in [-0.1, -0.05) is 0 Å². The number of nitrogens with zero attached hydrogens (tertiary/aromatic N) is 1. The molecular weight excluding hydrogens is 176 g/mol. The summed E-state index contributed by atoms with van der Waals surface area (Å²) in [6, 6.07) is 1.11. The van der Waals surface area contributed by atoms with Crippen LogP contribution < -0.4 is 10.3 Å². The highest BCUT2D eigenvalue weighted by atomic mass is 16.6. The summed E-state index contributed by atoms with van der Waals surface area (Å²) >= 11 is 0. The van der Waals surface area contributed by atoms with Crippen molar-refractivity contribution in [2.75, 3.05) is 7.11 Å². The van der Waals surface area contributed by atoms with Gasteiger partial charge in [-0.2, -0.15) is 0 Å². The van der Waals surface area contributed by atoms with Crippen LogP contribution in [0.2, 0.25) is 0 Å². The van der Waals surface area contributed by atoms with Gasteiger partial charge in [0, 0.05) is 0 Å². The van der Waals surface area contributed by atoms with Gasteiger partial charge in [0.05, 0.1) is 23.8 Å². The Hall–Kier alpha value is -1.85. The quantitative estimate of drug-likeness (QED) is 0.538. The number of hydrogen-bond acceptors (Lipinski definition) is 4. The van der Waals surface area contributed by atoms with Crippen molar-refractivity contribution in [1.82, 2.24) is 4.98 Å². The summed E-state index contributed by atoms with van der Waals surface area (Å²) in [5.41, 5.74) is -0.760. The van der Waals surface area contributed by atoms with Crippen molar-refractivity contribution in [2.45, 2.75) is 6.92 Å². The Morgan fingerprint density at radius 1 is 1.62 bits per heavy atom. The van der Waals surface area contributed by atoms with Crippen LogP contribution in [0.1, 0.15) is 5.69 Å². The van der Waals surface area contributed by atoms with E-state index in [4.69, 9.17) is 4.74 Å². The number of aryl methyl sites for hydroxylation is 1. The summed E-state index contributed by atoms with van der Waals surface area (Å²) in [6.45, 7) is 1.60. The molecule has 1 heterocycles. The van der Waals surface area contributed by atoms with Crippen LogP contribution in [0.25, 0.3) is 0 Å². The molecular formula is C7H8N2O4. The Balaban J connectivity index is 3.39. The lowest BCUT2D eigenvalue weighted by molar-refractivity contribution is -0.386. The summed E-state index contributed by atoms with van der Waals surface area (Å²) in [7, 11) is 1.38. The Labute approximate surface area is 73.3 Å². The maximum absolute atomic E-state index is 11.0. The van der Waals surface area contributed by atoms with Crippen LogP contribution in [0.4, 0.5) is 5.69 Å². The Morgan fingerprint density at radius 3 is 2.69 bits per heavy atom. The lowest BCUT2D eigenvalue weighted by Gasteiger charge is -2.02. The molecule has 1 rings (SSSR count). The molecule has 0 fully saturated rings. The molecule has 0 aliphatic rings. The van der Waals surface area contributed by atoms with Crippen molar-refractivity contribution in [1.29, 1.82) is 0 Å². The van der Waals surface area contributed by atoms with Gasteiger partial charge < -0.3 is 9.72 Å². The molecule has 0 unspecified atom stereocenters. The zero-order chi connectivity index (χ0) is 10.0. The van der Waals surface area contributed by atoms with E-state index in [0.29, 0.717) is 11.4 Å². The predicted octanol–water partition coefficient (Wildman–Crippen LogP) is 0.600. The number of hydrogen-bond donors (Lipinski definition) is 1. The van der Waals surface area contributed by atoms with Crippen LogP contribution in [0, 0.1) is 17.0 Å². The number of aromatic nitrogens is 1. The lowest BCUT2D eigenvalue weighted by Crippen LogP contribution is -2.13. The van der Waals surface area contributed by atoms with Gasteiger partial charge in [0.1, 0.15) is 5.75 Å². The summed E-state index contributed by atoms with van der Waals surface area (Å²) in [5, 5.41) is 10.3. The van der Waals surface area contributed by atoms with Crippen LogP contribution >= 0.6 is 0 Å². The highest BCUT2D eigenvalue weighted by molar-refractivity contribution is 5.38. The minimum Gasteiger partial charge on any atom is -0.495 e. The molecule has 6 nitrogen and oxygen atoms in total. The van der Waals surface area contributed by atoms with Crippen LogP contribution in [-0.4, -0.2) is 17.0 Å². The van der Waals surface area contributed by atoms with Gasteiger partial charge in [0.2, 0.25) is 0 Å². The smallest absolute Gasteiger partial charge is 0.337 e. The first kappa shape index (κ1) is 9.24. The molecule has 0 radical (unpaired) electrons. The highest BCUT2D eigenvalue weighted by Crippen LogP contribution is 2.17. The Bertz CT molecular complexity index is 396. The van der Waals surface area contributed by atoms with Gasteiger partial charge in [0.25, 0.3) is 0 Å². The topological polar surface area (TPSA) is 85.2 Å². The highest BCUT2D eigenvalue weighted by Gasteiger charge is 2.14. The third kappa shape index (κ3) is 1.66. The van der Waals surface area contributed by atoms with Gasteiger partial charge >= 0.3 is 11.2 Å². The van der Waals surface area contributed by atoms with Crippen LogP contribution in [0.5, 0.6) is 5.75 Å². The van der Waals surface area contributed by atoms with E-state index in [2.05, 4.69) is 4.98 Å². The van der Waals surface area contributed by atoms with Gasteiger partial charge in [-0.05, 0) is 6.92 Å². The van der Waals surface area contributed by atoms with Gasteiger partial charge in [-0.3, -0.25) is 14.9 Å². The fraction of sp³-hybridized carbons (Fsp3) is 0.286. The van der Waals surface area contributed by atoms with E-state index in [1.54, 1.807) is 6.92 Å². The zero-order valence-corrected chi connectivity index (χ0v) is 7.16. The molecule has 0 spiro atoms. The fourth-order valence-corrected chi connectivity index (χ4v) is 0.942. The zero-order valence-electron chi connectivity index (χ0n) is 7.16. The maximum atomic E-state index is 11.0. The molecule has 1 aromatic heterocycles. The summed E-state index contributed by atoms with van der Waals surface area (Å²) in [6.07, 6.45) is 0. The van der Waals surface area contributed by atoms with Crippen molar-refractivity contribution in [3.8, 4) is 5.75 Å². The van der Waals surface area contributed by atoms with E-state index in [1.807, 2.05) is 0 Å². The summed E-state index contributed by atoms with van der Waals surface area (Å²) in [5.74, 6) is 0.298. The molecule has 0 bridgehead atoms. The molecule has 13 heavy (non-hydrogen) atoms. The first-order valence-electron chi connectivity index (χ1n) is 3.48. The molecule has 70 valence electrons. The number of aromatic amines is 1. The van der Waals surface area contributed by atoms with Gasteiger partial charge in [-0.25, -0.2) is 0 Å².